The van der Waals surface area contributed by atoms with Crippen molar-refractivity contribution in [3.05, 3.63) is 29.8 Å². The zero-order valence-electron chi connectivity index (χ0n) is 11.3. The maximum absolute atomic E-state index is 12.2. The van der Waals surface area contributed by atoms with Crippen LogP contribution in [-0.2, 0) is 0 Å². The first-order valence-electron chi connectivity index (χ1n) is 6.37. The van der Waals surface area contributed by atoms with E-state index in [0.717, 1.165) is 12.3 Å². The van der Waals surface area contributed by atoms with Crippen LogP contribution in [0.1, 0.15) is 16.8 Å². The molecule has 1 heterocycles. The number of aliphatic hydroxyl groups is 1. The van der Waals surface area contributed by atoms with Crippen LogP contribution in [0.3, 0.4) is 0 Å². The van der Waals surface area contributed by atoms with Crippen molar-refractivity contribution in [2.75, 3.05) is 33.8 Å². The second kappa shape index (κ2) is 5.59. The molecule has 5 heteroatoms. The number of hydrogen-bond donors (Lipinski definition) is 2. The number of benzene rings is 1. The minimum Gasteiger partial charge on any atom is -0.497 e. The molecule has 19 heavy (non-hydrogen) atoms. The fraction of sp³-hybridized carbons (Fsp3) is 0.500. The number of rotatable bonds is 4. The molecule has 0 radical (unpaired) electrons. The van der Waals surface area contributed by atoms with Gasteiger partial charge in [-0.25, -0.2) is 0 Å². The van der Waals surface area contributed by atoms with Gasteiger partial charge in [-0.3, -0.25) is 4.79 Å². The van der Waals surface area contributed by atoms with Gasteiger partial charge in [-0.1, -0.05) is 0 Å². The van der Waals surface area contributed by atoms with Crippen molar-refractivity contribution in [3.8, 4) is 5.75 Å². The molecule has 1 saturated heterocycles. The van der Waals surface area contributed by atoms with Crippen molar-refractivity contribution in [1.29, 1.82) is 0 Å². The van der Waals surface area contributed by atoms with E-state index in [1.54, 1.807) is 43.3 Å². The van der Waals surface area contributed by atoms with Crippen LogP contribution in [-0.4, -0.2) is 55.3 Å². The molecular formula is C14H20N2O3. The predicted octanol–water partition coefficient (Wildman–Crippen LogP) is 0.492. The monoisotopic (exact) mass is 264 g/mol. The zero-order valence-corrected chi connectivity index (χ0v) is 11.3. The van der Waals surface area contributed by atoms with Crippen molar-refractivity contribution in [2.24, 2.45) is 0 Å². The van der Waals surface area contributed by atoms with Gasteiger partial charge in [0.1, 0.15) is 5.75 Å². The summed E-state index contributed by atoms with van der Waals surface area (Å²) in [6.45, 7) is 1.67. The largest absolute Gasteiger partial charge is 0.497 e. The van der Waals surface area contributed by atoms with Gasteiger partial charge in [-0.2, -0.15) is 0 Å². The Morgan fingerprint density at radius 2 is 2.16 bits per heavy atom. The smallest absolute Gasteiger partial charge is 0.253 e. The van der Waals surface area contributed by atoms with Crippen molar-refractivity contribution in [3.63, 3.8) is 0 Å². The van der Waals surface area contributed by atoms with Gasteiger partial charge in [-0.15, -0.1) is 0 Å². The number of amides is 1. The second-order valence-corrected chi connectivity index (χ2v) is 5.04. The highest BCUT2D eigenvalue weighted by Gasteiger charge is 2.33. The van der Waals surface area contributed by atoms with E-state index in [-0.39, 0.29) is 5.91 Å². The molecule has 0 bridgehead atoms. The highest BCUT2D eigenvalue weighted by atomic mass is 16.5. The summed E-state index contributed by atoms with van der Waals surface area (Å²) in [6.07, 6.45) is 0.674. The van der Waals surface area contributed by atoms with Gasteiger partial charge in [0.2, 0.25) is 0 Å². The first-order valence-corrected chi connectivity index (χ1v) is 6.37. The molecule has 1 aromatic rings. The van der Waals surface area contributed by atoms with Gasteiger partial charge in [0, 0.05) is 19.2 Å². The van der Waals surface area contributed by atoms with Crippen LogP contribution in [0, 0.1) is 0 Å². The zero-order chi connectivity index (χ0) is 13.9. The Hall–Kier alpha value is -1.59. The van der Waals surface area contributed by atoms with Crippen molar-refractivity contribution < 1.29 is 14.6 Å². The number of carbonyl (C=O) groups excluding carboxylic acids is 1. The number of carbonyl (C=O) groups is 1. The van der Waals surface area contributed by atoms with Crippen LogP contribution in [0.15, 0.2) is 24.3 Å². The fourth-order valence-electron chi connectivity index (χ4n) is 2.33. The van der Waals surface area contributed by atoms with Crippen molar-refractivity contribution in [1.82, 2.24) is 10.2 Å². The third-order valence-corrected chi connectivity index (χ3v) is 3.44. The van der Waals surface area contributed by atoms with E-state index in [0.29, 0.717) is 25.1 Å². The number of methoxy groups -OCH3 is 1. The van der Waals surface area contributed by atoms with Gasteiger partial charge in [0.15, 0.2) is 0 Å². The molecule has 1 aliphatic rings. The van der Waals surface area contributed by atoms with E-state index in [4.69, 9.17) is 4.74 Å². The Balaban J connectivity index is 2.01. The molecule has 0 saturated carbocycles. The van der Waals surface area contributed by atoms with E-state index >= 15 is 0 Å². The quantitative estimate of drug-likeness (QED) is 0.831. The third kappa shape index (κ3) is 3.24. The summed E-state index contributed by atoms with van der Waals surface area (Å²) in [5.41, 5.74) is -0.213. The lowest BCUT2D eigenvalue weighted by molar-refractivity contribution is 0.0252. The molecule has 1 atom stereocenters. The second-order valence-electron chi connectivity index (χ2n) is 5.04. The molecule has 5 nitrogen and oxygen atoms in total. The highest BCUT2D eigenvalue weighted by Crippen LogP contribution is 2.17. The minimum absolute atomic E-state index is 0.0945. The average Bonchev–Trinajstić information content (AvgIpc) is 2.84. The fourth-order valence-corrected chi connectivity index (χ4v) is 2.33. The summed E-state index contributed by atoms with van der Waals surface area (Å²) in [5, 5.41) is 13.4. The predicted molar refractivity (Wildman–Crippen MR) is 72.4 cm³/mol. The van der Waals surface area contributed by atoms with E-state index in [1.807, 2.05) is 0 Å². The van der Waals surface area contributed by atoms with E-state index in [1.165, 1.54) is 0 Å². The lowest BCUT2D eigenvalue weighted by Crippen LogP contribution is -2.45. The molecule has 1 fully saturated rings. The summed E-state index contributed by atoms with van der Waals surface area (Å²) in [4.78, 5) is 13.8. The Morgan fingerprint density at radius 3 is 2.68 bits per heavy atom. The minimum atomic E-state index is -0.809. The number of nitrogens with one attached hydrogen (secondary N) is 1. The van der Waals surface area contributed by atoms with Crippen LogP contribution in [0.4, 0.5) is 0 Å². The summed E-state index contributed by atoms with van der Waals surface area (Å²) in [5.74, 6) is 0.626. The van der Waals surface area contributed by atoms with E-state index < -0.39 is 5.60 Å². The maximum Gasteiger partial charge on any atom is 0.253 e. The Kier molecular flexibility index (Phi) is 4.07. The van der Waals surface area contributed by atoms with E-state index in [9.17, 15) is 9.90 Å². The Labute approximate surface area is 113 Å². The molecular weight excluding hydrogens is 244 g/mol. The molecule has 1 aromatic carbocycles. The number of likely N-dealkylation sites (N-methyl/N-ethyl adjacent to an activating group) is 1. The normalized spacial score (nSPS) is 22.3. The van der Waals surface area contributed by atoms with Gasteiger partial charge in [0.25, 0.3) is 5.91 Å². The highest BCUT2D eigenvalue weighted by molar-refractivity contribution is 5.94. The molecule has 2 N–H and O–H groups in total. The first kappa shape index (κ1) is 13.8. The molecule has 2 rings (SSSR count). The Bertz CT molecular complexity index is 439. The number of β-amino-alcohol motifs (C(OH)–C–C–N with tert-alkyl or cyclic N) is 1. The molecule has 0 aromatic heterocycles. The summed E-state index contributed by atoms with van der Waals surface area (Å²) >= 11 is 0. The summed E-state index contributed by atoms with van der Waals surface area (Å²) in [6, 6.07) is 6.98. The van der Waals surface area contributed by atoms with Crippen molar-refractivity contribution >= 4 is 5.91 Å². The van der Waals surface area contributed by atoms with Gasteiger partial charge in [0.05, 0.1) is 19.3 Å². The number of hydrogen-bond acceptors (Lipinski definition) is 4. The van der Waals surface area contributed by atoms with Crippen LogP contribution >= 0.6 is 0 Å². The summed E-state index contributed by atoms with van der Waals surface area (Å²) < 4.78 is 5.06. The topological polar surface area (TPSA) is 61.8 Å². The molecule has 104 valence electrons. The first-order chi connectivity index (χ1) is 9.04. The molecule has 0 aliphatic carbocycles. The SMILES string of the molecule is COc1ccc(C(=O)N(C)CC2(O)CCNC2)cc1. The van der Waals surface area contributed by atoms with Crippen LogP contribution < -0.4 is 10.1 Å². The molecule has 1 unspecified atom stereocenters. The lowest BCUT2D eigenvalue weighted by atomic mass is 10.0. The molecule has 1 amide bonds. The van der Waals surface area contributed by atoms with Crippen LogP contribution in [0.25, 0.3) is 0 Å². The van der Waals surface area contributed by atoms with Gasteiger partial charge >= 0.3 is 0 Å². The summed E-state index contributed by atoms with van der Waals surface area (Å²) in [7, 11) is 3.30. The van der Waals surface area contributed by atoms with Crippen molar-refractivity contribution in [2.45, 2.75) is 12.0 Å². The third-order valence-electron chi connectivity index (χ3n) is 3.44. The average molecular weight is 264 g/mol. The molecule has 0 spiro atoms. The van der Waals surface area contributed by atoms with Gasteiger partial charge < -0.3 is 20.1 Å². The maximum atomic E-state index is 12.2. The van der Waals surface area contributed by atoms with E-state index in [2.05, 4.69) is 5.32 Å². The number of ether oxygens (including phenoxy) is 1. The number of nitrogens with zero attached hydrogens (tertiary/aromatic N) is 1. The molecule has 1 aliphatic heterocycles. The Morgan fingerprint density at radius 1 is 1.47 bits per heavy atom. The standard InChI is InChI=1S/C14H20N2O3/c1-16(10-14(18)7-8-15-9-14)13(17)11-3-5-12(19-2)6-4-11/h3-6,15,18H,7-10H2,1-2H3. The van der Waals surface area contributed by atoms with Crippen LogP contribution in [0.2, 0.25) is 0 Å². The van der Waals surface area contributed by atoms with Gasteiger partial charge in [-0.05, 0) is 37.2 Å². The lowest BCUT2D eigenvalue weighted by Gasteiger charge is -2.28. The van der Waals surface area contributed by atoms with Crippen LogP contribution in [0.5, 0.6) is 5.75 Å².